The molecule has 1 aromatic rings. The summed E-state index contributed by atoms with van der Waals surface area (Å²) < 4.78 is 4.99. The van der Waals surface area contributed by atoms with E-state index in [4.69, 9.17) is 4.74 Å². The molecule has 1 fully saturated rings. The van der Waals surface area contributed by atoms with Gasteiger partial charge in [0.1, 0.15) is 5.69 Å². The molecule has 0 radical (unpaired) electrons. The van der Waals surface area contributed by atoms with Gasteiger partial charge >= 0.3 is 5.97 Å². The molecule has 144 valence electrons. The molecule has 1 aromatic heterocycles. The maximum absolute atomic E-state index is 12.5. The molecule has 6 nitrogen and oxygen atoms in total. The lowest BCUT2D eigenvalue weighted by Crippen LogP contribution is -2.47. The summed E-state index contributed by atoms with van der Waals surface area (Å²) in [6.07, 6.45) is 1.27. The Morgan fingerprint density at radius 1 is 1.31 bits per heavy atom. The summed E-state index contributed by atoms with van der Waals surface area (Å²) in [6.45, 7) is 13.4. The van der Waals surface area contributed by atoms with E-state index in [-0.39, 0.29) is 11.9 Å². The number of carbonyl (C=O) groups excluding carboxylic acids is 2. The predicted molar refractivity (Wildman–Crippen MR) is 101 cm³/mol. The average Bonchev–Trinajstić information content (AvgIpc) is 2.53. The summed E-state index contributed by atoms with van der Waals surface area (Å²) >= 11 is 0. The van der Waals surface area contributed by atoms with Crippen LogP contribution in [0.1, 0.15) is 60.7 Å². The van der Waals surface area contributed by atoms with Gasteiger partial charge in [0.2, 0.25) is 0 Å². The van der Waals surface area contributed by atoms with Gasteiger partial charge in [0.25, 0.3) is 5.91 Å². The lowest BCUT2D eigenvalue weighted by atomic mass is 9.92. The van der Waals surface area contributed by atoms with Gasteiger partial charge < -0.3 is 15.0 Å². The summed E-state index contributed by atoms with van der Waals surface area (Å²) in [4.78, 5) is 31.0. The minimum absolute atomic E-state index is 0.0341. The maximum Gasteiger partial charge on any atom is 0.339 e. The van der Waals surface area contributed by atoms with Crippen LogP contribution in [0.5, 0.6) is 0 Å². The number of aromatic nitrogens is 1. The fraction of sp³-hybridized carbons (Fsp3) is 0.650. The van der Waals surface area contributed by atoms with Gasteiger partial charge in [0, 0.05) is 25.7 Å². The van der Waals surface area contributed by atoms with Crippen LogP contribution in [-0.4, -0.2) is 54.0 Å². The number of nitrogens with zero attached hydrogens (tertiary/aromatic N) is 2. The predicted octanol–water partition coefficient (Wildman–Crippen LogP) is 2.66. The van der Waals surface area contributed by atoms with Crippen molar-refractivity contribution in [2.75, 3.05) is 26.2 Å². The summed E-state index contributed by atoms with van der Waals surface area (Å²) in [7, 11) is 0. The van der Waals surface area contributed by atoms with E-state index in [1.165, 1.54) is 6.42 Å². The standard InChI is InChI=1S/C20H31N3O3/c1-6-26-20(25)17-7-8-18(22-16(17)5)19(24)21-15(4)12-23-10-13(2)9-14(3)11-23/h7-8,13-15H,6,9-12H2,1-5H3,(H,21,24). The van der Waals surface area contributed by atoms with Crippen LogP contribution in [0.25, 0.3) is 0 Å². The van der Waals surface area contributed by atoms with Crippen molar-refractivity contribution in [2.24, 2.45) is 11.8 Å². The van der Waals surface area contributed by atoms with Gasteiger partial charge in [-0.05, 0) is 51.2 Å². The van der Waals surface area contributed by atoms with Crippen molar-refractivity contribution in [1.82, 2.24) is 15.2 Å². The summed E-state index contributed by atoms with van der Waals surface area (Å²) in [5, 5.41) is 3.01. The van der Waals surface area contributed by atoms with Crippen LogP contribution in [0.4, 0.5) is 0 Å². The molecular weight excluding hydrogens is 330 g/mol. The molecule has 1 aliphatic heterocycles. The first-order valence-corrected chi connectivity index (χ1v) is 9.48. The van der Waals surface area contributed by atoms with E-state index in [0.717, 1.165) is 19.6 Å². The van der Waals surface area contributed by atoms with Crippen LogP contribution in [0, 0.1) is 18.8 Å². The zero-order chi connectivity index (χ0) is 19.3. The van der Waals surface area contributed by atoms with Crippen LogP contribution in [0.2, 0.25) is 0 Å². The number of carbonyl (C=O) groups is 2. The Morgan fingerprint density at radius 2 is 1.96 bits per heavy atom. The molecule has 2 heterocycles. The van der Waals surface area contributed by atoms with Gasteiger partial charge in [0.05, 0.1) is 17.9 Å². The van der Waals surface area contributed by atoms with Gasteiger partial charge in [0.15, 0.2) is 0 Å². The molecule has 26 heavy (non-hydrogen) atoms. The normalized spacial score (nSPS) is 21.9. The highest BCUT2D eigenvalue weighted by atomic mass is 16.5. The Kier molecular flexibility index (Phi) is 7.14. The molecule has 6 heteroatoms. The monoisotopic (exact) mass is 361 g/mol. The topological polar surface area (TPSA) is 71.5 Å². The van der Waals surface area contributed by atoms with Gasteiger partial charge in [-0.2, -0.15) is 0 Å². The number of aryl methyl sites for hydroxylation is 1. The first-order valence-electron chi connectivity index (χ1n) is 9.48. The molecule has 0 spiro atoms. The first-order chi connectivity index (χ1) is 12.3. The van der Waals surface area contributed by atoms with Crippen LogP contribution >= 0.6 is 0 Å². The van der Waals surface area contributed by atoms with E-state index in [2.05, 4.69) is 29.0 Å². The van der Waals surface area contributed by atoms with E-state index in [9.17, 15) is 9.59 Å². The van der Waals surface area contributed by atoms with Crippen molar-refractivity contribution in [2.45, 2.75) is 47.1 Å². The number of ether oxygens (including phenoxy) is 1. The molecule has 1 amide bonds. The van der Waals surface area contributed by atoms with E-state index in [1.807, 2.05) is 6.92 Å². The van der Waals surface area contributed by atoms with Crippen molar-refractivity contribution in [3.05, 3.63) is 29.1 Å². The first kappa shape index (κ1) is 20.4. The number of esters is 1. The molecule has 1 saturated heterocycles. The van der Waals surface area contributed by atoms with Crippen molar-refractivity contribution in [3.63, 3.8) is 0 Å². The Labute approximate surface area is 156 Å². The molecule has 0 bridgehead atoms. The third-order valence-electron chi connectivity index (χ3n) is 4.67. The van der Waals surface area contributed by atoms with E-state index in [0.29, 0.717) is 35.4 Å². The molecule has 1 N–H and O–H groups in total. The molecule has 0 saturated carbocycles. The maximum atomic E-state index is 12.5. The lowest BCUT2D eigenvalue weighted by molar-refractivity contribution is 0.0524. The minimum atomic E-state index is -0.411. The highest BCUT2D eigenvalue weighted by Gasteiger charge is 2.23. The Hall–Kier alpha value is -1.95. The number of piperidine rings is 1. The third-order valence-corrected chi connectivity index (χ3v) is 4.67. The number of hydrogen-bond acceptors (Lipinski definition) is 5. The van der Waals surface area contributed by atoms with Crippen molar-refractivity contribution >= 4 is 11.9 Å². The van der Waals surface area contributed by atoms with E-state index in [1.54, 1.807) is 26.0 Å². The molecule has 0 aliphatic carbocycles. The minimum Gasteiger partial charge on any atom is -0.462 e. The largest absolute Gasteiger partial charge is 0.462 e. The van der Waals surface area contributed by atoms with Gasteiger partial charge in [-0.15, -0.1) is 0 Å². The van der Waals surface area contributed by atoms with Gasteiger partial charge in [-0.1, -0.05) is 13.8 Å². The highest BCUT2D eigenvalue weighted by Crippen LogP contribution is 2.20. The molecule has 1 aliphatic rings. The Balaban J connectivity index is 1.94. The second-order valence-corrected chi connectivity index (χ2v) is 7.59. The second kappa shape index (κ2) is 9.12. The summed E-state index contributed by atoms with van der Waals surface area (Å²) in [5.74, 6) is 0.767. The van der Waals surface area contributed by atoms with Crippen LogP contribution < -0.4 is 5.32 Å². The van der Waals surface area contributed by atoms with Gasteiger partial charge in [-0.3, -0.25) is 4.79 Å². The SMILES string of the molecule is CCOC(=O)c1ccc(C(=O)NC(C)CN2CC(C)CC(C)C2)nc1C. The molecule has 2 rings (SSSR count). The van der Waals surface area contributed by atoms with Crippen LogP contribution in [-0.2, 0) is 4.74 Å². The van der Waals surface area contributed by atoms with Crippen molar-refractivity contribution in [1.29, 1.82) is 0 Å². The number of pyridine rings is 1. The average molecular weight is 361 g/mol. The number of amides is 1. The van der Waals surface area contributed by atoms with Crippen molar-refractivity contribution < 1.29 is 14.3 Å². The molecular formula is C20H31N3O3. The van der Waals surface area contributed by atoms with Gasteiger partial charge in [-0.25, -0.2) is 9.78 Å². The molecule has 3 unspecified atom stereocenters. The zero-order valence-corrected chi connectivity index (χ0v) is 16.5. The van der Waals surface area contributed by atoms with Crippen LogP contribution in [0.15, 0.2) is 12.1 Å². The second-order valence-electron chi connectivity index (χ2n) is 7.59. The quantitative estimate of drug-likeness (QED) is 0.789. The number of likely N-dealkylation sites (tertiary alicyclic amines) is 1. The fourth-order valence-electron chi connectivity index (χ4n) is 3.78. The lowest BCUT2D eigenvalue weighted by Gasteiger charge is -2.36. The van der Waals surface area contributed by atoms with Crippen LogP contribution in [0.3, 0.4) is 0 Å². The number of nitrogens with one attached hydrogen (secondary N) is 1. The highest BCUT2D eigenvalue weighted by molar-refractivity contribution is 5.95. The number of rotatable bonds is 6. The Morgan fingerprint density at radius 3 is 2.54 bits per heavy atom. The molecule has 0 aromatic carbocycles. The van der Waals surface area contributed by atoms with E-state index >= 15 is 0 Å². The number of hydrogen-bond donors (Lipinski definition) is 1. The Bertz CT molecular complexity index is 637. The zero-order valence-electron chi connectivity index (χ0n) is 16.5. The fourth-order valence-corrected chi connectivity index (χ4v) is 3.78. The smallest absolute Gasteiger partial charge is 0.339 e. The summed E-state index contributed by atoms with van der Waals surface area (Å²) in [6, 6.07) is 3.21. The third kappa shape index (κ3) is 5.53. The van der Waals surface area contributed by atoms with E-state index < -0.39 is 5.97 Å². The molecule has 3 atom stereocenters. The van der Waals surface area contributed by atoms with Crippen molar-refractivity contribution in [3.8, 4) is 0 Å². The summed E-state index contributed by atoms with van der Waals surface area (Å²) in [5.41, 5.74) is 1.22.